The average molecular weight is 251 g/mol. The van der Waals surface area contributed by atoms with Crippen molar-refractivity contribution in [3.05, 3.63) is 10.6 Å². The number of hydrogen-bond donors (Lipinski definition) is 0. The van der Waals surface area contributed by atoms with Gasteiger partial charge < -0.3 is 4.74 Å². The highest BCUT2D eigenvalue weighted by Crippen LogP contribution is 2.49. The van der Waals surface area contributed by atoms with Crippen LogP contribution in [0.1, 0.15) is 34.1 Å². The van der Waals surface area contributed by atoms with Crippen molar-refractivity contribution in [1.82, 2.24) is 0 Å². The molecule has 0 aliphatic carbocycles. The van der Waals surface area contributed by atoms with Crippen molar-refractivity contribution in [2.75, 3.05) is 0 Å². The van der Waals surface area contributed by atoms with E-state index >= 15 is 0 Å². The van der Waals surface area contributed by atoms with Gasteiger partial charge in [-0.25, -0.2) is 0 Å². The molecule has 2 unspecified atom stereocenters. The third-order valence-electron chi connectivity index (χ3n) is 3.28. The molecule has 2 atom stereocenters. The Bertz CT molecular complexity index is 306. The summed E-state index contributed by atoms with van der Waals surface area (Å²) in [5.74, 6) is -0.265. The van der Waals surface area contributed by atoms with Crippen molar-refractivity contribution in [3.8, 4) is 0 Å². The number of carbonyl (C=O) groups excluding carboxylic acids is 1. The minimum absolute atomic E-state index is 0.0903. The first-order valence-electron chi connectivity index (χ1n) is 5.00. The monoisotopic (exact) mass is 250 g/mol. The van der Waals surface area contributed by atoms with E-state index in [9.17, 15) is 4.79 Å². The van der Waals surface area contributed by atoms with Gasteiger partial charge in [0.25, 0.3) is 0 Å². The highest BCUT2D eigenvalue weighted by molar-refractivity contribution is 6.55. The number of ether oxygens (including phenoxy) is 1. The second kappa shape index (κ2) is 3.99. The molecular formula is C11H16Cl2O2. The summed E-state index contributed by atoms with van der Waals surface area (Å²) in [5.41, 5.74) is -1.07. The third-order valence-corrected chi connectivity index (χ3v) is 3.54. The number of hydrogen-bond acceptors (Lipinski definition) is 2. The van der Waals surface area contributed by atoms with Crippen LogP contribution in [0.5, 0.6) is 0 Å². The minimum atomic E-state index is -0.545. The SMILES string of the molecule is CCC1(C)C(=O)OC(C)(C)C1C=C(Cl)Cl. The molecule has 4 heteroatoms. The molecule has 1 aliphatic rings. The smallest absolute Gasteiger partial charge is 0.313 e. The summed E-state index contributed by atoms with van der Waals surface area (Å²) in [6.07, 6.45) is 2.41. The van der Waals surface area contributed by atoms with Crippen molar-refractivity contribution < 1.29 is 9.53 Å². The van der Waals surface area contributed by atoms with E-state index in [1.807, 2.05) is 27.7 Å². The summed E-state index contributed by atoms with van der Waals surface area (Å²) in [5, 5.41) is 0. The summed E-state index contributed by atoms with van der Waals surface area (Å²) >= 11 is 11.4. The molecule has 1 heterocycles. The van der Waals surface area contributed by atoms with E-state index in [0.717, 1.165) is 0 Å². The largest absolute Gasteiger partial charge is 0.459 e. The van der Waals surface area contributed by atoms with Crippen LogP contribution < -0.4 is 0 Å². The van der Waals surface area contributed by atoms with E-state index in [1.54, 1.807) is 6.08 Å². The fourth-order valence-electron chi connectivity index (χ4n) is 2.19. The molecule has 0 N–H and O–H groups in total. The van der Waals surface area contributed by atoms with Crippen LogP contribution in [0.4, 0.5) is 0 Å². The lowest BCUT2D eigenvalue weighted by Crippen LogP contribution is -2.34. The van der Waals surface area contributed by atoms with E-state index < -0.39 is 11.0 Å². The van der Waals surface area contributed by atoms with E-state index in [1.165, 1.54) is 0 Å². The molecule has 1 aliphatic heterocycles. The molecule has 0 aromatic carbocycles. The molecular weight excluding hydrogens is 235 g/mol. The predicted molar refractivity (Wildman–Crippen MR) is 61.8 cm³/mol. The molecule has 0 saturated carbocycles. The van der Waals surface area contributed by atoms with Crippen LogP contribution in [0, 0.1) is 11.3 Å². The standard InChI is InChI=1S/C11H16Cl2O2/c1-5-11(4)7(6-8(12)13)10(2,3)15-9(11)14/h6-7H,5H2,1-4H3. The first kappa shape index (κ1) is 12.9. The maximum absolute atomic E-state index is 11.8. The molecule has 15 heavy (non-hydrogen) atoms. The van der Waals surface area contributed by atoms with Crippen LogP contribution in [0.2, 0.25) is 0 Å². The molecule has 1 rings (SSSR count). The minimum Gasteiger partial charge on any atom is -0.459 e. The van der Waals surface area contributed by atoms with Crippen LogP contribution in [0.25, 0.3) is 0 Å². The Kier molecular flexibility index (Phi) is 3.42. The number of cyclic esters (lactones) is 1. The predicted octanol–water partition coefficient (Wildman–Crippen LogP) is 3.67. The van der Waals surface area contributed by atoms with Gasteiger partial charge in [0.15, 0.2) is 0 Å². The Balaban J connectivity index is 3.17. The summed E-state index contributed by atoms with van der Waals surface area (Å²) in [6.45, 7) is 7.61. The zero-order valence-electron chi connectivity index (χ0n) is 9.43. The van der Waals surface area contributed by atoms with Gasteiger partial charge >= 0.3 is 5.97 Å². The normalized spacial score (nSPS) is 33.7. The molecule has 0 radical (unpaired) electrons. The van der Waals surface area contributed by atoms with Crippen molar-refractivity contribution >= 4 is 29.2 Å². The van der Waals surface area contributed by atoms with Gasteiger partial charge in [0.05, 0.1) is 5.41 Å². The Labute approximate surface area is 101 Å². The Morgan fingerprint density at radius 2 is 2.00 bits per heavy atom. The lowest BCUT2D eigenvalue weighted by atomic mass is 9.71. The van der Waals surface area contributed by atoms with Crippen LogP contribution in [-0.2, 0) is 9.53 Å². The molecule has 1 saturated heterocycles. The highest BCUT2D eigenvalue weighted by atomic mass is 35.5. The second-order valence-electron chi connectivity index (χ2n) is 4.70. The average Bonchev–Trinajstić information content (AvgIpc) is 2.26. The van der Waals surface area contributed by atoms with E-state index in [4.69, 9.17) is 27.9 Å². The van der Waals surface area contributed by atoms with E-state index in [-0.39, 0.29) is 16.4 Å². The quantitative estimate of drug-likeness (QED) is 0.700. The van der Waals surface area contributed by atoms with E-state index in [2.05, 4.69) is 0 Å². The van der Waals surface area contributed by atoms with Gasteiger partial charge in [-0.15, -0.1) is 0 Å². The van der Waals surface area contributed by atoms with Gasteiger partial charge in [-0.05, 0) is 33.3 Å². The molecule has 0 aromatic rings. The van der Waals surface area contributed by atoms with Crippen LogP contribution in [0.15, 0.2) is 10.6 Å². The summed E-state index contributed by atoms with van der Waals surface area (Å²) in [6, 6.07) is 0. The van der Waals surface area contributed by atoms with Crippen LogP contribution in [-0.4, -0.2) is 11.6 Å². The first-order chi connectivity index (χ1) is 6.74. The molecule has 2 nitrogen and oxygen atoms in total. The molecule has 86 valence electrons. The van der Waals surface area contributed by atoms with E-state index in [0.29, 0.717) is 6.42 Å². The van der Waals surface area contributed by atoms with Gasteiger partial charge in [0, 0.05) is 5.92 Å². The van der Waals surface area contributed by atoms with Crippen molar-refractivity contribution in [3.63, 3.8) is 0 Å². The molecule has 0 aromatic heterocycles. The highest BCUT2D eigenvalue weighted by Gasteiger charge is 2.56. The van der Waals surface area contributed by atoms with Crippen LogP contribution in [0.3, 0.4) is 0 Å². The Morgan fingerprint density at radius 1 is 1.47 bits per heavy atom. The lowest BCUT2D eigenvalue weighted by Gasteiger charge is -2.29. The second-order valence-corrected chi connectivity index (χ2v) is 5.71. The first-order valence-corrected chi connectivity index (χ1v) is 5.76. The summed E-state index contributed by atoms with van der Waals surface area (Å²) in [4.78, 5) is 11.8. The summed E-state index contributed by atoms with van der Waals surface area (Å²) in [7, 11) is 0. The number of rotatable bonds is 2. The number of halogens is 2. The van der Waals surface area contributed by atoms with Gasteiger partial charge in [0.1, 0.15) is 10.1 Å². The fourth-order valence-corrected chi connectivity index (χ4v) is 2.44. The molecule has 0 bridgehead atoms. The van der Waals surface area contributed by atoms with Crippen molar-refractivity contribution in [2.45, 2.75) is 39.7 Å². The zero-order valence-corrected chi connectivity index (χ0v) is 10.9. The van der Waals surface area contributed by atoms with Crippen LogP contribution >= 0.6 is 23.2 Å². The number of carbonyl (C=O) groups is 1. The maximum Gasteiger partial charge on any atom is 0.313 e. The molecule has 0 amide bonds. The Hall–Kier alpha value is -0.210. The topological polar surface area (TPSA) is 26.3 Å². The number of esters is 1. The van der Waals surface area contributed by atoms with Crippen molar-refractivity contribution in [1.29, 1.82) is 0 Å². The zero-order chi connectivity index (χ0) is 11.9. The maximum atomic E-state index is 11.8. The molecule has 1 fully saturated rings. The lowest BCUT2D eigenvalue weighted by molar-refractivity contribution is -0.151. The van der Waals surface area contributed by atoms with Crippen molar-refractivity contribution in [2.24, 2.45) is 11.3 Å². The third kappa shape index (κ3) is 2.16. The fraction of sp³-hybridized carbons (Fsp3) is 0.727. The molecule has 0 spiro atoms. The Morgan fingerprint density at radius 3 is 2.40 bits per heavy atom. The van der Waals surface area contributed by atoms with Gasteiger partial charge in [0.2, 0.25) is 0 Å². The van der Waals surface area contributed by atoms with Gasteiger partial charge in [-0.1, -0.05) is 30.1 Å². The van der Waals surface area contributed by atoms with Gasteiger partial charge in [-0.3, -0.25) is 4.79 Å². The van der Waals surface area contributed by atoms with Gasteiger partial charge in [-0.2, -0.15) is 0 Å². The summed E-state index contributed by atoms with van der Waals surface area (Å²) < 4.78 is 5.55.